The van der Waals surface area contributed by atoms with Gasteiger partial charge in [0.2, 0.25) is 0 Å². The summed E-state index contributed by atoms with van der Waals surface area (Å²) in [6.45, 7) is 6.19. The van der Waals surface area contributed by atoms with E-state index < -0.39 is 5.41 Å². The van der Waals surface area contributed by atoms with E-state index in [0.717, 1.165) is 15.2 Å². The maximum atomic E-state index is 12.4. The third-order valence-electron chi connectivity index (χ3n) is 3.65. The molecule has 0 amide bonds. The van der Waals surface area contributed by atoms with Crippen LogP contribution < -0.4 is 0 Å². The van der Waals surface area contributed by atoms with Crippen molar-refractivity contribution in [3.63, 3.8) is 0 Å². The first-order chi connectivity index (χ1) is 9.58. The number of carbonyl (C=O) groups excluding carboxylic acids is 1. The van der Waals surface area contributed by atoms with Crippen molar-refractivity contribution >= 4 is 39.1 Å². The highest BCUT2D eigenvalue weighted by Gasteiger charge is 2.41. The van der Waals surface area contributed by atoms with E-state index in [1.165, 1.54) is 11.3 Å². The zero-order valence-electron chi connectivity index (χ0n) is 11.9. The Morgan fingerprint density at radius 1 is 1.35 bits per heavy atom. The Kier molecular flexibility index (Phi) is 4.66. The highest BCUT2D eigenvalue weighted by Crippen LogP contribution is 2.39. The lowest BCUT2D eigenvalue weighted by Gasteiger charge is -2.26. The second kappa shape index (κ2) is 6.10. The lowest BCUT2D eigenvalue weighted by Crippen LogP contribution is -2.36. The van der Waals surface area contributed by atoms with Gasteiger partial charge < -0.3 is 4.74 Å². The summed E-state index contributed by atoms with van der Waals surface area (Å²) in [6.07, 6.45) is 1.33. The lowest BCUT2D eigenvalue weighted by molar-refractivity contribution is -0.150. The standard InChI is InChI=1S/C15H18ClNO2S/c1-4-15(5-2,14(18)19-6-3)13-17-11-9-7-8-10(16)12(11)20-13/h7-9H,4-6H2,1-3H3. The third-order valence-corrected chi connectivity index (χ3v) is 5.39. The molecule has 0 bridgehead atoms. The van der Waals surface area contributed by atoms with Crippen molar-refractivity contribution in [1.82, 2.24) is 4.98 Å². The van der Waals surface area contributed by atoms with E-state index in [1.807, 2.05) is 39.0 Å². The van der Waals surface area contributed by atoms with Crippen LogP contribution in [0.15, 0.2) is 18.2 Å². The van der Waals surface area contributed by atoms with E-state index in [9.17, 15) is 4.79 Å². The summed E-state index contributed by atoms with van der Waals surface area (Å²) in [4.78, 5) is 17.0. The van der Waals surface area contributed by atoms with Gasteiger partial charge in [-0.2, -0.15) is 0 Å². The fourth-order valence-electron chi connectivity index (χ4n) is 2.32. The Labute approximate surface area is 127 Å². The van der Waals surface area contributed by atoms with E-state index in [4.69, 9.17) is 16.3 Å². The molecule has 0 saturated carbocycles. The molecular weight excluding hydrogens is 294 g/mol. The molecule has 1 aromatic heterocycles. The van der Waals surface area contributed by atoms with E-state index in [1.54, 1.807) is 0 Å². The van der Waals surface area contributed by atoms with E-state index in [2.05, 4.69) is 4.98 Å². The first-order valence-electron chi connectivity index (χ1n) is 6.81. The Morgan fingerprint density at radius 2 is 2.05 bits per heavy atom. The number of fused-ring (bicyclic) bond motifs is 1. The first kappa shape index (κ1) is 15.3. The van der Waals surface area contributed by atoms with Gasteiger partial charge in [-0.3, -0.25) is 4.79 Å². The molecule has 1 aromatic carbocycles. The maximum Gasteiger partial charge on any atom is 0.319 e. The predicted octanol–water partition coefficient (Wildman–Crippen LogP) is 4.57. The van der Waals surface area contributed by atoms with Crippen LogP contribution >= 0.6 is 22.9 Å². The number of ether oxygens (including phenoxy) is 1. The molecule has 0 unspecified atom stereocenters. The molecular formula is C15H18ClNO2S. The molecule has 0 spiro atoms. The number of aromatic nitrogens is 1. The van der Waals surface area contributed by atoms with E-state index >= 15 is 0 Å². The topological polar surface area (TPSA) is 39.2 Å². The summed E-state index contributed by atoms with van der Waals surface area (Å²) in [6, 6.07) is 5.64. The van der Waals surface area contributed by atoms with Crippen LogP contribution in [0, 0.1) is 0 Å². The summed E-state index contributed by atoms with van der Waals surface area (Å²) < 4.78 is 6.19. The zero-order valence-corrected chi connectivity index (χ0v) is 13.5. The van der Waals surface area contributed by atoms with Gasteiger partial charge in [-0.25, -0.2) is 4.98 Å². The molecule has 5 heteroatoms. The first-order valence-corrected chi connectivity index (χ1v) is 8.01. The number of carbonyl (C=O) groups is 1. The van der Waals surface area contributed by atoms with E-state index in [-0.39, 0.29) is 5.97 Å². The molecule has 0 saturated heterocycles. The number of esters is 1. The van der Waals surface area contributed by atoms with Crippen LogP contribution in [0.3, 0.4) is 0 Å². The average Bonchev–Trinajstić information content (AvgIpc) is 2.87. The SMILES string of the molecule is CCOC(=O)C(CC)(CC)c1nc2cccc(Cl)c2s1. The molecule has 0 aliphatic rings. The predicted molar refractivity (Wildman–Crippen MR) is 83.5 cm³/mol. The number of benzene rings is 1. The second-order valence-electron chi connectivity index (χ2n) is 4.62. The van der Waals surface area contributed by atoms with Gasteiger partial charge >= 0.3 is 5.97 Å². The normalized spacial score (nSPS) is 11.8. The van der Waals surface area contributed by atoms with Gasteiger partial charge in [-0.15, -0.1) is 11.3 Å². The van der Waals surface area contributed by atoms with Crippen molar-refractivity contribution in [2.75, 3.05) is 6.61 Å². The summed E-state index contributed by atoms with van der Waals surface area (Å²) in [5.74, 6) is -0.194. The van der Waals surface area contributed by atoms with E-state index in [0.29, 0.717) is 24.5 Å². The van der Waals surface area contributed by atoms with Gasteiger partial charge in [-0.05, 0) is 31.9 Å². The van der Waals surface area contributed by atoms with Gasteiger partial charge in [0.25, 0.3) is 0 Å². The van der Waals surface area contributed by atoms with Crippen molar-refractivity contribution in [3.8, 4) is 0 Å². The number of rotatable bonds is 5. The van der Waals surface area contributed by atoms with Crippen molar-refractivity contribution in [2.24, 2.45) is 0 Å². The maximum absolute atomic E-state index is 12.4. The van der Waals surface area contributed by atoms with Crippen LogP contribution in [0.2, 0.25) is 5.02 Å². The van der Waals surface area contributed by atoms with Crippen LogP contribution in [0.4, 0.5) is 0 Å². The van der Waals surface area contributed by atoms with Crippen molar-refractivity contribution < 1.29 is 9.53 Å². The molecule has 0 aliphatic heterocycles. The molecule has 0 radical (unpaired) electrons. The minimum atomic E-state index is -0.664. The summed E-state index contributed by atoms with van der Waals surface area (Å²) >= 11 is 7.69. The number of hydrogen-bond donors (Lipinski definition) is 0. The Hall–Kier alpha value is -1.13. The van der Waals surface area contributed by atoms with Crippen LogP contribution in [0.25, 0.3) is 10.2 Å². The molecule has 0 fully saturated rings. The second-order valence-corrected chi connectivity index (χ2v) is 6.02. The highest BCUT2D eigenvalue weighted by molar-refractivity contribution is 7.19. The molecule has 0 aliphatic carbocycles. The Balaban J connectivity index is 2.57. The van der Waals surface area contributed by atoms with Crippen molar-refractivity contribution in [2.45, 2.75) is 39.0 Å². The number of hydrogen-bond acceptors (Lipinski definition) is 4. The van der Waals surface area contributed by atoms with Crippen LogP contribution in [-0.2, 0) is 14.9 Å². The fraction of sp³-hybridized carbons (Fsp3) is 0.467. The number of nitrogens with zero attached hydrogens (tertiary/aromatic N) is 1. The summed E-state index contributed by atoms with van der Waals surface area (Å²) in [7, 11) is 0. The van der Waals surface area contributed by atoms with Crippen LogP contribution in [-0.4, -0.2) is 17.6 Å². The van der Waals surface area contributed by atoms with Crippen LogP contribution in [0.1, 0.15) is 38.6 Å². The van der Waals surface area contributed by atoms with Gasteiger partial charge in [0.05, 0.1) is 21.8 Å². The highest BCUT2D eigenvalue weighted by atomic mass is 35.5. The van der Waals surface area contributed by atoms with Gasteiger partial charge in [0, 0.05) is 0 Å². The summed E-state index contributed by atoms with van der Waals surface area (Å²) in [5, 5.41) is 1.47. The van der Waals surface area contributed by atoms with Crippen molar-refractivity contribution in [1.29, 1.82) is 0 Å². The number of thiazole rings is 1. The molecule has 2 rings (SSSR count). The van der Waals surface area contributed by atoms with Crippen molar-refractivity contribution in [3.05, 3.63) is 28.2 Å². The molecule has 0 N–H and O–H groups in total. The van der Waals surface area contributed by atoms with Gasteiger partial charge in [-0.1, -0.05) is 31.5 Å². The average molecular weight is 312 g/mol. The lowest BCUT2D eigenvalue weighted by atomic mass is 9.83. The quantitative estimate of drug-likeness (QED) is 0.759. The number of halogens is 1. The molecule has 1 heterocycles. The monoisotopic (exact) mass is 311 g/mol. The fourth-order valence-corrected chi connectivity index (χ4v) is 3.89. The molecule has 108 valence electrons. The minimum absolute atomic E-state index is 0.194. The Morgan fingerprint density at radius 3 is 2.60 bits per heavy atom. The van der Waals surface area contributed by atoms with Gasteiger partial charge in [0.15, 0.2) is 0 Å². The largest absolute Gasteiger partial charge is 0.465 e. The molecule has 3 nitrogen and oxygen atoms in total. The smallest absolute Gasteiger partial charge is 0.319 e. The van der Waals surface area contributed by atoms with Gasteiger partial charge in [0.1, 0.15) is 10.4 Å². The Bertz CT molecular complexity index is 619. The molecule has 20 heavy (non-hydrogen) atoms. The molecule has 0 atom stereocenters. The molecule has 2 aromatic rings. The zero-order chi connectivity index (χ0) is 14.8. The third kappa shape index (κ3) is 2.42. The summed E-state index contributed by atoms with van der Waals surface area (Å²) in [5.41, 5.74) is 0.177. The van der Waals surface area contributed by atoms with Crippen LogP contribution in [0.5, 0.6) is 0 Å². The minimum Gasteiger partial charge on any atom is -0.465 e.